The number of nitrogens with zero attached hydrogens (tertiary/aromatic N) is 1. The van der Waals surface area contributed by atoms with Gasteiger partial charge in [-0.1, -0.05) is 19.1 Å². The molecule has 1 amide bonds. The summed E-state index contributed by atoms with van der Waals surface area (Å²) < 4.78 is 0.314. The van der Waals surface area contributed by atoms with Crippen molar-refractivity contribution in [2.45, 2.75) is 57.7 Å². The molecule has 1 aromatic carbocycles. The van der Waals surface area contributed by atoms with Gasteiger partial charge in [-0.25, -0.2) is 4.99 Å². The molecule has 0 spiro atoms. The van der Waals surface area contributed by atoms with Crippen molar-refractivity contribution in [3.05, 3.63) is 29.8 Å². The van der Waals surface area contributed by atoms with Crippen molar-refractivity contribution in [1.29, 1.82) is 0 Å². The quantitative estimate of drug-likeness (QED) is 0.279. The van der Waals surface area contributed by atoms with Gasteiger partial charge in [0.25, 0.3) is 0 Å². The van der Waals surface area contributed by atoms with Crippen LogP contribution >= 0.6 is 35.7 Å². The van der Waals surface area contributed by atoms with Crippen LogP contribution in [0.25, 0.3) is 0 Å². The normalized spacial score (nSPS) is 19.3. The molecule has 7 heteroatoms. The molecule has 1 aliphatic rings. The summed E-state index contributed by atoms with van der Waals surface area (Å²) in [6.07, 6.45) is 3.98. The Bertz CT molecular complexity index is 601. The Hall–Kier alpha value is -0.960. The lowest BCUT2D eigenvalue weighted by molar-refractivity contribution is -0.116. The van der Waals surface area contributed by atoms with E-state index in [2.05, 4.69) is 29.8 Å². The minimum absolute atomic E-state index is 0. The molecule has 3 N–H and O–H groups in total. The highest BCUT2D eigenvalue weighted by molar-refractivity contribution is 14.0. The lowest BCUT2D eigenvalue weighted by Gasteiger charge is -2.24. The van der Waals surface area contributed by atoms with Crippen molar-refractivity contribution < 1.29 is 4.79 Å². The number of rotatable bonds is 8. The zero-order valence-electron chi connectivity index (χ0n) is 16.6. The van der Waals surface area contributed by atoms with Crippen molar-refractivity contribution >= 4 is 53.3 Å². The molecule has 1 unspecified atom stereocenters. The molecule has 5 nitrogen and oxygen atoms in total. The molecule has 0 radical (unpaired) electrons. The van der Waals surface area contributed by atoms with Crippen LogP contribution in [0.15, 0.2) is 29.3 Å². The van der Waals surface area contributed by atoms with Crippen LogP contribution in [-0.4, -0.2) is 35.5 Å². The summed E-state index contributed by atoms with van der Waals surface area (Å²) in [5, 5.41) is 9.71. The van der Waals surface area contributed by atoms with Crippen LogP contribution in [0.5, 0.6) is 0 Å². The fraction of sp³-hybridized carbons (Fsp3) is 0.600. The van der Waals surface area contributed by atoms with Gasteiger partial charge in [-0.3, -0.25) is 4.79 Å². The largest absolute Gasteiger partial charge is 0.357 e. The van der Waals surface area contributed by atoms with Gasteiger partial charge in [-0.05, 0) is 56.6 Å². The van der Waals surface area contributed by atoms with Gasteiger partial charge in [0.15, 0.2) is 5.96 Å². The number of aliphatic imine (C=N–C) groups is 1. The Morgan fingerprint density at radius 2 is 1.96 bits per heavy atom. The Morgan fingerprint density at radius 3 is 2.56 bits per heavy atom. The lowest BCUT2D eigenvalue weighted by Crippen LogP contribution is -2.43. The number of carbonyl (C=O) groups is 1. The van der Waals surface area contributed by atoms with E-state index in [1.807, 2.05) is 43.0 Å². The van der Waals surface area contributed by atoms with Gasteiger partial charge in [0.05, 0.1) is 6.54 Å². The van der Waals surface area contributed by atoms with Gasteiger partial charge in [-0.15, -0.1) is 24.0 Å². The number of hydrogen-bond acceptors (Lipinski definition) is 3. The molecule has 0 aromatic heterocycles. The molecule has 0 bridgehead atoms. The van der Waals surface area contributed by atoms with Gasteiger partial charge in [0.2, 0.25) is 5.91 Å². The van der Waals surface area contributed by atoms with Gasteiger partial charge in [0, 0.05) is 29.9 Å². The molecule has 27 heavy (non-hydrogen) atoms. The second kappa shape index (κ2) is 12.5. The van der Waals surface area contributed by atoms with Crippen LogP contribution in [-0.2, 0) is 11.3 Å². The number of anilines is 1. The van der Waals surface area contributed by atoms with E-state index in [0.717, 1.165) is 36.7 Å². The highest BCUT2D eigenvalue weighted by Crippen LogP contribution is 2.36. The molecule has 1 atom stereocenters. The summed E-state index contributed by atoms with van der Waals surface area (Å²) in [7, 11) is 0. The average molecular weight is 504 g/mol. The van der Waals surface area contributed by atoms with E-state index < -0.39 is 0 Å². The van der Waals surface area contributed by atoms with Crippen molar-refractivity contribution in [2.75, 3.05) is 24.2 Å². The lowest BCUT2D eigenvalue weighted by atomic mass is 10.1. The van der Waals surface area contributed by atoms with Crippen LogP contribution < -0.4 is 16.0 Å². The van der Waals surface area contributed by atoms with E-state index in [0.29, 0.717) is 17.7 Å². The maximum atomic E-state index is 11.6. The number of hydrogen-bond donors (Lipinski definition) is 3. The molecule has 1 aromatic rings. The van der Waals surface area contributed by atoms with E-state index in [1.165, 1.54) is 18.6 Å². The minimum atomic E-state index is 0. The first-order valence-electron chi connectivity index (χ1n) is 9.59. The molecule has 1 saturated heterocycles. The van der Waals surface area contributed by atoms with E-state index in [9.17, 15) is 4.79 Å². The van der Waals surface area contributed by atoms with E-state index in [1.54, 1.807) is 0 Å². The highest BCUT2D eigenvalue weighted by atomic mass is 127. The zero-order chi connectivity index (χ0) is 18.8. The number of carbonyl (C=O) groups excluding carboxylic acids is 1. The van der Waals surface area contributed by atoms with Crippen LogP contribution in [0.4, 0.5) is 5.69 Å². The fourth-order valence-electron chi connectivity index (χ4n) is 2.90. The summed E-state index contributed by atoms with van der Waals surface area (Å²) in [5.41, 5.74) is 1.96. The first-order chi connectivity index (χ1) is 12.5. The molecular weight excluding hydrogens is 471 g/mol. The zero-order valence-corrected chi connectivity index (χ0v) is 19.8. The third kappa shape index (κ3) is 8.72. The molecule has 2 rings (SSSR count). The van der Waals surface area contributed by atoms with Crippen molar-refractivity contribution in [3.8, 4) is 0 Å². The predicted octanol–water partition coefficient (Wildman–Crippen LogP) is 4.38. The van der Waals surface area contributed by atoms with Gasteiger partial charge in [-0.2, -0.15) is 11.8 Å². The molecule has 1 fully saturated rings. The maximum Gasteiger partial charge on any atom is 0.224 e. The number of thioether (sulfide) groups is 1. The van der Waals surface area contributed by atoms with E-state index >= 15 is 0 Å². The first kappa shape index (κ1) is 24.1. The number of amides is 1. The standard InChI is InChI=1S/C20H32N4OS.HI/c1-4-7-18(25)24-17-10-8-16(9-11-17)14-22-19(21-5-2)23-15-20(3)12-6-13-26-20;/h8-11H,4-7,12-15H2,1-3H3,(H,24,25)(H2,21,22,23);1H. The molecule has 1 heterocycles. The second-order valence-electron chi connectivity index (χ2n) is 6.95. The Labute approximate surface area is 185 Å². The highest BCUT2D eigenvalue weighted by Gasteiger charge is 2.29. The minimum Gasteiger partial charge on any atom is -0.357 e. The topological polar surface area (TPSA) is 65.5 Å². The van der Waals surface area contributed by atoms with E-state index in [-0.39, 0.29) is 29.9 Å². The molecular formula is C20H33IN4OS. The van der Waals surface area contributed by atoms with Crippen LogP contribution in [0.1, 0.15) is 52.0 Å². The second-order valence-corrected chi connectivity index (χ2v) is 8.63. The summed E-state index contributed by atoms with van der Waals surface area (Å²) >= 11 is 2.05. The van der Waals surface area contributed by atoms with Gasteiger partial charge < -0.3 is 16.0 Å². The molecule has 1 aliphatic heterocycles. The third-order valence-corrected chi connectivity index (χ3v) is 5.95. The summed E-state index contributed by atoms with van der Waals surface area (Å²) in [6, 6.07) is 7.91. The molecule has 152 valence electrons. The van der Waals surface area contributed by atoms with Gasteiger partial charge in [0.1, 0.15) is 0 Å². The molecule has 0 aliphatic carbocycles. The van der Waals surface area contributed by atoms with Crippen molar-refractivity contribution in [2.24, 2.45) is 4.99 Å². The Morgan fingerprint density at radius 1 is 1.22 bits per heavy atom. The summed E-state index contributed by atoms with van der Waals surface area (Å²) in [4.78, 5) is 16.3. The summed E-state index contributed by atoms with van der Waals surface area (Å²) in [6.45, 7) is 8.80. The SMILES string of the molecule is CCCC(=O)Nc1ccc(CN=C(NCC)NCC2(C)CCCS2)cc1.I. The number of benzene rings is 1. The van der Waals surface area contributed by atoms with Crippen LogP contribution in [0, 0.1) is 0 Å². The Balaban J connectivity index is 0.00000364. The number of nitrogens with one attached hydrogen (secondary N) is 3. The van der Waals surface area contributed by atoms with E-state index in [4.69, 9.17) is 4.99 Å². The fourth-order valence-corrected chi connectivity index (χ4v) is 4.15. The van der Waals surface area contributed by atoms with Crippen LogP contribution in [0.2, 0.25) is 0 Å². The third-order valence-electron chi connectivity index (χ3n) is 4.41. The number of halogens is 1. The van der Waals surface area contributed by atoms with Crippen molar-refractivity contribution in [3.63, 3.8) is 0 Å². The van der Waals surface area contributed by atoms with Gasteiger partial charge >= 0.3 is 0 Å². The summed E-state index contributed by atoms with van der Waals surface area (Å²) in [5.74, 6) is 2.18. The molecule has 0 saturated carbocycles. The maximum absolute atomic E-state index is 11.6. The first-order valence-corrected chi connectivity index (χ1v) is 10.6. The Kier molecular flexibility index (Phi) is 11.1. The predicted molar refractivity (Wildman–Crippen MR) is 128 cm³/mol. The smallest absolute Gasteiger partial charge is 0.224 e. The number of guanidine groups is 1. The monoisotopic (exact) mass is 504 g/mol. The average Bonchev–Trinajstić information content (AvgIpc) is 3.06. The van der Waals surface area contributed by atoms with Crippen molar-refractivity contribution in [1.82, 2.24) is 10.6 Å². The van der Waals surface area contributed by atoms with Crippen LogP contribution in [0.3, 0.4) is 0 Å².